The van der Waals surface area contributed by atoms with Crippen molar-refractivity contribution in [3.05, 3.63) is 29.8 Å². The zero-order valence-electron chi connectivity index (χ0n) is 9.29. The summed E-state index contributed by atoms with van der Waals surface area (Å²) >= 11 is 0. The first kappa shape index (κ1) is 13.8. The van der Waals surface area contributed by atoms with Crippen LogP contribution < -0.4 is 10.5 Å². The molecule has 0 spiro atoms. The highest BCUT2D eigenvalue weighted by molar-refractivity contribution is 5.39. The third-order valence-electron chi connectivity index (χ3n) is 2.40. The molecule has 0 fully saturated rings. The molecule has 1 aromatic rings. The number of ether oxygens (including phenoxy) is 1. The molecule has 1 rings (SSSR count). The van der Waals surface area contributed by atoms with E-state index in [1.165, 1.54) is 18.2 Å². The molecule has 0 saturated carbocycles. The Bertz CT molecular complexity index is 381. The van der Waals surface area contributed by atoms with Gasteiger partial charge in [0.05, 0.1) is 6.61 Å². The minimum atomic E-state index is -4.85. The lowest BCUT2D eigenvalue weighted by molar-refractivity contribution is -0.262. The third-order valence-corrected chi connectivity index (χ3v) is 2.40. The second-order valence-electron chi connectivity index (χ2n) is 3.49. The molecule has 0 aromatic heterocycles. The molecule has 0 aliphatic carbocycles. The van der Waals surface area contributed by atoms with E-state index < -0.39 is 18.3 Å². The predicted octanol–water partition coefficient (Wildman–Crippen LogP) is 1.79. The van der Waals surface area contributed by atoms with E-state index in [9.17, 15) is 18.3 Å². The van der Waals surface area contributed by atoms with Crippen molar-refractivity contribution in [2.75, 3.05) is 13.2 Å². The molecule has 17 heavy (non-hydrogen) atoms. The van der Waals surface area contributed by atoms with Gasteiger partial charge in [0.2, 0.25) is 5.60 Å². The van der Waals surface area contributed by atoms with Gasteiger partial charge in [-0.05, 0) is 13.0 Å². The second-order valence-corrected chi connectivity index (χ2v) is 3.49. The van der Waals surface area contributed by atoms with Crippen LogP contribution in [-0.4, -0.2) is 24.4 Å². The number of hydrogen-bond donors (Lipinski definition) is 2. The molecule has 0 aliphatic heterocycles. The van der Waals surface area contributed by atoms with Gasteiger partial charge < -0.3 is 15.6 Å². The molecule has 6 heteroatoms. The van der Waals surface area contributed by atoms with Crippen LogP contribution in [0.25, 0.3) is 0 Å². The van der Waals surface area contributed by atoms with Crippen molar-refractivity contribution < 1.29 is 23.0 Å². The molecule has 1 unspecified atom stereocenters. The lowest BCUT2D eigenvalue weighted by atomic mass is 9.92. The topological polar surface area (TPSA) is 55.5 Å². The number of halogens is 3. The van der Waals surface area contributed by atoms with E-state index in [0.29, 0.717) is 0 Å². The van der Waals surface area contributed by atoms with Crippen LogP contribution in [0.3, 0.4) is 0 Å². The summed E-state index contributed by atoms with van der Waals surface area (Å²) in [5.74, 6) is -0.0136. The van der Waals surface area contributed by atoms with Crippen LogP contribution in [0.1, 0.15) is 12.5 Å². The Morgan fingerprint density at radius 3 is 2.35 bits per heavy atom. The molecule has 0 amide bonds. The zero-order valence-corrected chi connectivity index (χ0v) is 9.29. The Morgan fingerprint density at radius 2 is 1.88 bits per heavy atom. The Labute approximate surface area is 97.0 Å². The zero-order chi connectivity index (χ0) is 13.1. The largest absolute Gasteiger partial charge is 0.493 e. The normalized spacial score (nSPS) is 15.4. The van der Waals surface area contributed by atoms with E-state index in [0.717, 1.165) is 6.07 Å². The van der Waals surface area contributed by atoms with Gasteiger partial charge in [0.1, 0.15) is 5.75 Å². The standard InChI is InChI=1S/C11H14F3NO2/c1-2-17-9-6-4-3-5-8(9)10(16,7-15)11(12,13)14/h3-6,16H,2,7,15H2,1H3. The van der Waals surface area contributed by atoms with E-state index in [1.54, 1.807) is 6.92 Å². The average molecular weight is 249 g/mol. The van der Waals surface area contributed by atoms with E-state index >= 15 is 0 Å². The lowest BCUT2D eigenvalue weighted by Gasteiger charge is -2.30. The quantitative estimate of drug-likeness (QED) is 0.855. The predicted molar refractivity (Wildman–Crippen MR) is 56.6 cm³/mol. The van der Waals surface area contributed by atoms with E-state index in [1.807, 2.05) is 0 Å². The smallest absolute Gasteiger partial charge is 0.422 e. The Hall–Kier alpha value is -1.27. The Balaban J connectivity index is 3.29. The summed E-state index contributed by atoms with van der Waals surface area (Å²) in [6, 6.07) is 5.45. The Kier molecular flexibility index (Phi) is 4.00. The molecular weight excluding hydrogens is 235 g/mol. The summed E-state index contributed by atoms with van der Waals surface area (Å²) in [6.07, 6.45) is -4.85. The minimum absolute atomic E-state index is 0.0136. The fraction of sp³-hybridized carbons (Fsp3) is 0.455. The first-order chi connectivity index (χ1) is 7.86. The minimum Gasteiger partial charge on any atom is -0.493 e. The van der Waals surface area contributed by atoms with Crippen LogP contribution in [-0.2, 0) is 5.60 Å². The molecule has 0 aliphatic rings. The molecule has 3 nitrogen and oxygen atoms in total. The van der Waals surface area contributed by atoms with Gasteiger partial charge in [-0.15, -0.1) is 0 Å². The number of benzene rings is 1. The van der Waals surface area contributed by atoms with Gasteiger partial charge in [-0.1, -0.05) is 18.2 Å². The molecule has 0 bridgehead atoms. The van der Waals surface area contributed by atoms with E-state index in [2.05, 4.69) is 0 Å². The van der Waals surface area contributed by atoms with Crippen LogP contribution in [0, 0.1) is 0 Å². The van der Waals surface area contributed by atoms with Crippen molar-refractivity contribution in [1.29, 1.82) is 0 Å². The van der Waals surface area contributed by atoms with Crippen molar-refractivity contribution >= 4 is 0 Å². The summed E-state index contributed by atoms with van der Waals surface area (Å²) < 4.78 is 43.5. The third kappa shape index (κ3) is 2.53. The van der Waals surface area contributed by atoms with Gasteiger partial charge in [0, 0.05) is 12.1 Å². The number of rotatable bonds is 4. The maximum absolute atomic E-state index is 12.8. The summed E-state index contributed by atoms with van der Waals surface area (Å²) in [4.78, 5) is 0. The first-order valence-corrected chi connectivity index (χ1v) is 5.08. The molecule has 0 saturated heterocycles. The van der Waals surface area contributed by atoms with Gasteiger partial charge in [0.25, 0.3) is 0 Å². The number of aliphatic hydroxyl groups is 1. The van der Waals surface area contributed by atoms with Crippen LogP contribution in [0.4, 0.5) is 13.2 Å². The van der Waals surface area contributed by atoms with Crippen LogP contribution in [0.2, 0.25) is 0 Å². The second kappa shape index (κ2) is 4.93. The molecule has 0 heterocycles. The lowest BCUT2D eigenvalue weighted by Crippen LogP contribution is -2.48. The van der Waals surface area contributed by atoms with Crippen molar-refractivity contribution in [2.24, 2.45) is 5.73 Å². The van der Waals surface area contributed by atoms with Gasteiger partial charge in [0.15, 0.2) is 0 Å². The van der Waals surface area contributed by atoms with E-state index in [4.69, 9.17) is 10.5 Å². The fourth-order valence-electron chi connectivity index (χ4n) is 1.47. The highest BCUT2D eigenvalue weighted by atomic mass is 19.4. The SMILES string of the molecule is CCOc1ccccc1C(O)(CN)C(F)(F)F. The van der Waals surface area contributed by atoms with E-state index in [-0.39, 0.29) is 17.9 Å². The molecule has 1 atom stereocenters. The summed E-state index contributed by atoms with van der Waals surface area (Å²) in [6.45, 7) is 0.891. The van der Waals surface area contributed by atoms with Gasteiger partial charge in [-0.25, -0.2) is 0 Å². The summed E-state index contributed by atoms with van der Waals surface area (Å²) in [5.41, 5.74) is 1.62. The summed E-state index contributed by atoms with van der Waals surface area (Å²) in [7, 11) is 0. The highest BCUT2D eigenvalue weighted by Gasteiger charge is 2.55. The first-order valence-electron chi connectivity index (χ1n) is 5.08. The molecule has 0 radical (unpaired) electrons. The number of nitrogens with two attached hydrogens (primary N) is 1. The Morgan fingerprint density at radius 1 is 1.29 bits per heavy atom. The molecule has 96 valence electrons. The molecule has 3 N–H and O–H groups in total. The van der Waals surface area contributed by atoms with Crippen molar-refractivity contribution in [2.45, 2.75) is 18.7 Å². The van der Waals surface area contributed by atoms with Gasteiger partial charge in [-0.2, -0.15) is 13.2 Å². The summed E-state index contributed by atoms with van der Waals surface area (Å²) in [5, 5.41) is 9.71. The molecule has 1 aromatic carbocycles. The number of alkyl halides is 3. The monoisotopic (exact) mass is 249 g/mol. The van der Waals surface area contributed by atoms with Gasteiger partial charge in [-0.3, -0.25) is 0 Å². The van der Waals surface area contributed by atoms with Crippen molar-refractivity contribution in [1.82, 2.24) is 0 Å². The molecular formula is C11H14F3NO2. The highest BCUT2D eigenvalue weighted by Crippen LogP contribution is 2.41. The average Bonchev–Trinajstić information content (AvgIpc) is 2.27. The van der Waals surface area contributed by atoms with Crippen LogP contribution in [0.15, 0.2) is 24.3 Å². The number of para-hydroxylation sites is 1. The van der Waals surface area contributed by atoms with Crippen LogP contribution >= 0.6 is 0 Å². The van der Waals surface area contributed by atoms with Crippen molar-refractivity contribution in [3.63, 3.8) is 0 Å². The van der Waals surface area contributed by atoms with Crippen LogP contribution in [0.5, 0.6) is 5.75 Å². The number of hydrogen-bond acceptors (Lipinski definition) is 3. The fourth-order valence-corrected chi connectivity index (χ4v) is 1.47. The maximum Gasteiger partial charge on any atom is 0.422 e. The van der Waals surface area contributed by atoms with Crippen molar-refractivity contribution in [3.8, 4) is 5.75 Å². The van der Waals surface area contributed by atoms with Gasteiger partial charge >= 0.3 is 6.18 Å². The maximum atomic E-state index is 12.8.